The normalized spacial score (nSPS) is 9.67. The first-order chi connectivity index (χ1) is 7.08. The molecule has 0 aromatic carbocycles. The van der Waals surface area contributed by atoms with Gasteiger partial charge in [0.2, 0.25) is 0 Å². The molecule has 1 heterocycles. The molecule has 6 heteroatoms. The molecule has 1 rings (SSSR count). The quantitative estimate of drug-likeness (QED) is 0.751. The molecule has 0 spiro atoms. The number of hydrogen-bond donors (Lipinski definition) is 1. The van der Waals surface area contributed by atoms with E-state index >= 15 is 0 Å². The van der Waals surface area contributed by atoms with Gasteiger partial charge in [-0.15, -0.1) is 0 Å². The fraction of sp³-hybridized carbons (Fsp3) is 0.333. The molecule has 0 atom stereocenters. The van der Waals surface area contributed by atoms with Crippen molar-refractivity contribution < 1.29 is 23.5 Å². The van der Waals surface area contributed by atoms with E-state index in [4.69, 9.17) is 14.9 Å². The number of hydrogen-bond acceptors (Lipinski definition) is 5. The summed E-state index contributed by atoms with van der Waals surface area (Å²) in [4.78, 5) is 20.8. The van der Waals surface area contributed by atoms with E-state index in [9.17, 15) is 9.59 Å². The summed E-state index contributed by atoms with van der Waals surface area (Å²) in [5.74, 6) is 0.533. The Bertz CT molecular complexity index is 325. The van der Waals surface area contributed by atoms with Crippen LogP contribution in [0.1, 0.15) is 18.4 Å². The average Bonchev–Trinajstić information content (AvgIpc) is 2.59. The Kier molecular flexibility index (Phi) is 3.73. The predicted octanol–water partition coefficient (Wildman–Crippen LogP) is 0.938. The largest absolute Gasteiger partial charge is 0.459 e. The van der Waals surface area contributed by atoms with E-state index in [1.165, 1.54) is 6.92 Å². The first kappa shape index (κ1) is 11.1. The maximum Gasteiger partial charge on any atom is 0.404 e. The maximum atomic E-state index is 10.5. The van der Waals surface area contributed by atoms with Crippen LogP contribution in [-0.4, -0.2) is 12.1 Å². The topological polar surface area (TPSA) is 91.8 Å². The molecule has 0 saturated heterocycles. The Morgan fingerprint density at radius 3 is 2.27 bits per heavy atom. The standard InChI is InChI=1S/C9H11NO5/c1-6(11)13-4-7-2-3-8(15-7)5-14-9(10)12/h2-3H,4-5H2,1H3,(H2,10,12). The Labute approximate surface area is 85.9 Å². The van der Waals surface area contributed by atoms with Gasteiger partial charge in [-0.2, -0.15) is 0 Å². The van der Waals surface area contributed by atoms with Gasteiger partial charge in [0.15, 0.2) is 6.61 Å². The van der Waals surface area contributed by atoms with Crippen molar-refractivity contribution in [1.29, 1.82) is 0 Å². The third kappa shape index (κ3) is 4.17. The lowest BCUT2D eigenvalue weighted by Gasteiger charge is -1.98. The number of carbonyl (C=O) groups excluding carboxylic acids is 2. The summed E-state index contributed by atoms with van der Waals surface area (Å²) in [6.07, 6.45) is -0.868. The molecule has 1 aromatic rings. The van der Waals surface area contributed by atoms with Crippen molar-refractivity contribution in [2.45, 2.75) is 20.1 Å². The highest BCUT2D eigenvalue weighted by molar-refractivity contribution is 5.65. The third-order valence-corrected chi connectivity index (χ3v) is 1.49. The molecule has 0 radical (unpaired) electrons. The van der Waals surface area contributed by atoms with Crippen molar-refractivity contribution in [2.24, 2.45) is 5.73 Å². The fourth-order valence-electron chi connectivity index (χ4n) is 0.892. The number of furan rings is 1. The number of primary amides is 1. The zero-order valence-corrected chi connectivity index (χ0v) is 8.19. The predicted molar refractivity (Wildman–Crippen MR) is 48.6 cm³/mol. The number of amides is 1. The Hall–Kier alpha value is -1.98. The van der Waals surface area contributed by atoms with Crippen LogP contribution < -0.4 is 5.73 Å². The van der Waals surface area contributed by atoms with Gasteiger partial charge in [-0.3, -0.25) is 4.79 Å². The smallest absolute Gasteiger partial charge is 0.404 e. The van der Waals surface area contributed by atoms with Crippen molar-refractivity contribution >= 4 is 12.1 Å². The summed E-state index contributed by atoms with van der Waals surface area (Å²) >= 11 is 0. The van der Waals surface area contributed by atoms with Crippen LogP contribution in [0.2, 0.25) is 0 Å². The highest BCUT2D eigenvalue weighted by Crippen LogP contribution is 2.10. The van der Waals surface area contributed by atoms with Crippen LogP contribution in [0.25, 0.3) is 0 Å². The first-order valence-electron chi connectivity index (χ1n) is 4.21. The molecular weight excluding hydrogens is 202 g/mol. The molecule has 0 unspecified atom stereocenters. The SMILES string of the molecule is CC(=O)OCc1ccc(COC(N)=O)o1. The van der Waals surface area contributed by atoms with E-state index < -0.39 is 6.09 Å². The molecule has 6 nitrogen and oxygen atoms in total. The zero-order valence-electron chi connectivity index (χ0n) is 8.19. The van der Waals surface area contributed by atoms with Crippen LogP contribution in [0.5, 0.6) is 0 Å². The fourth-order valence-corrected chi connectivity index (χ4v) is 0.892. The van der Waals surface area contributed by atoms with Crippen LogP contribution in [0.15, 0.2) is 16.5 Å². The summed E-state index contributed by atoms with van der Waals surface area (Å²) in [7, 11) is 0. The molecule has 82 valence electrons. The molecular formula is C9H11NO5. The van der Waals surface area contributed by atoms with Gasteiger partial charge in [-0.25, -0.2) is 4.79 Å². The highest BCUT2D eigenvalue weighted by Gasteiger charge is 2.05. The monoisotopic (exact) mass is 213 g/mol. The lowest BCUT2D eigenvalue weighted by Crippen LogP contribution is -2.12. The van der Waals surface area contributed by atoms with Crippen molar-refractivity contribution in [1.82, 2.24) is 0 Å². The Morgan fingerprint density at radius 1 is 1.27 bits per heavy atom. The van der Waals surface area contributed by atoms with Crippen LogP contribution >= 0.6 is 0 Å². The van der Waals surface area contributed by atoms with Gasteiger partial charge in [-0.1, -0.05) is 0 Å². The van der Waals surface area contributed by atoms with Gasteiger partial charge >= 0.3 is 12.1 Å². The summed E-state index contributed by atoms with van der Waals surface area (Å²) < 4.78 is 14.4. The Balaban J connectivity index is 2.41. The summed E-state index contributed by atoms with van der Waals surface area (Å²) in [6.45, 7) is 1.33. The number of nitrogens with two attached hydrogens (primary N) is 1. The van der Waals surface area contributed by atoms with Crippen LogP contribution in [0.4, 0.5) is 4.79 Å². The summed E-state index contributed by atoms with van der Waals surface area (Å²) in [5, 5.41) is 0. The van der Waals surface area contributed by atoms with E-state index in [1.54, 1.807) is 12.1 Å². The minimum Gasteiger partial charge on any atom is -0.459 e. The second-order valence-corrected chi connectivity index (χ2v) is 2.76. The summed E-state index contributed by atoms with van der Waals surface area (Å²) in [6, 6.07) is 3.24. The molecule has 15 heavy (non-hydrogen) atoms. The van der Waals surface area contributed by atoms with Crippen molar-refractivity contribution in [3.8, 4) is 0 Å². The van der Waals surface area contributed by atoms with Crippen LogP contribution in [0, 0.1) is 0 Å². The maximum absolute atomic E-state index is 10.5. The number of carbonyl (C=O) groups is 2. The average molecular weight is 213 g/mol. The molecule has 2 N–H and O–H groups in total. The lowest BCUT2D eigenvalue weighted by atomic mass is 10.4. The van der Waals surface area contributed by atoms with Gasteiger partial charge in [0.1, 0.15) is 18.1 Å². The lowest BCUT2D eigenvalue weighted by molar-refractivity contribution is -0.142. The molecule has 1 amide bonds. The van der Waals surface area contributed by atoms with E-state index in [2.05, 4.69) is 4.74 Å². The second-order valence-electron chi connectivity index (χ2n) is 2.76. The first-order valence-corrected chi connectivity index (χ1v) is 4.21. The molecule has 0 saturated carbocycles. The van der Waals surface area contributed by atoms with Crippen molar-refractivity contribution in [3.63, 3.8) is 0 Å². The Morgan fingerprint density at radius 2 is 1.80 bits per heavy atom. The van der Waals surface area contributed by atoms with E-state index in [1.807, 2.05) is 0 Å². The van der Waals surface area contributed by atoms with Gasteiger partial charge in [0.05, 0.1) is 0 Å². The van der Waals surface area contributed by atoms with Gasteiger partial charge in [0, 0.05) is 6.92 Å². The second kappa shape index (κ2) is 5.04. The molecule has 0 aliphatic carbocycles. The molecule has 0 fully saturated rings. The zero-order chi connectivity index (χ0) is 11.3. The number of esters is 1. The minimum atomic E-state index is -0.868. The van der Waals surface area contributed by atoms with Gasteiger partial charge in [0.25, 0.3) is 0 Å². The molecule has 0 aliphatic rings. The molecule has 1 aromatic heterocycles. The summed E-state index contributed by atoms with van der Waals surface area (Å²) in [5.41, 5.74) is 4.77. The minimum absolute atomic E-state index is 0.0323. The third-order valence-electron chi connectivity index (χ3n) is 1.49. The van der Waals surface area contributed by atoms with Crippen LogP contribution in [0.3, 0.4) is 0 Å². The number of ether oxygens (including phenoxy) is 2. The van der Waals surface area contributed by atoms with Gasteiger partial charge in [-0.05, 0) is 12.1 Å². The number of rotatable bonds is 4. The van der Waals surface area contributed by atoms with E-state index in [-0.39, 0.29) is 19.2 Å². The molecule has 0 aliphatic heterocycles. The molecule has 0 bridgehead atoms. The van der Waals surface area contributed by atoms with Crippen molar-refractivity contribution in [3.05, 3.63) is 23.7 Å². The van der Waals surface area contributed by atoms with Crippen LogP contribution in [-0.2, 0) is 27.5 Å². The van der Waals surface area contributed by atoms with E-state index in [0.29, 0.717) is 11.5 Å². The van der Waals surface area contributed by atoms with E-state index in [0.717, 1.165) is 0 Å². The highest BCUT2D eigenvalue weighted by atomic mass is 16.6. The van der Waals surface area contributed by atoms with Crippen molar-refractivity contribution in [2.75, 3.05) is 0 Å². The van der Waals surface area contributed by atoms with Gasteiger partial charge < -0.3 is 19.6 Å².